The van der Waals surface area contributed by atoms with E-state index >= 15 is 0 Å². The molecule has 0 atom stereocenters. The zero-order valence-corrected chi connectivity index (χ0v) is 9.34. The van der Waals surface area contributed by atoms with E-state index in [2.05, 4.69) is 36.6 Å². The van der Waals surface area contributed by atoms with E-state index in [1.165, 1.54) is 21.2 Å². The maximum atomic E-state index is 4.70. The van der Waals surface area contributed by atoms with Crippen molar-refractivity contribution in [3.63, 3.8) is 0 Å². The highest BCUT2D eigenvalue weighted by Gasteiger charge is 2.06. The highest BCUT2D eigenvalue weighted by molar-refractivity contribution is 7.18. The van der Waals surface area contributed by atoms with Gasteiger partial charge in [0, 0.05) is 21.2 Å². The molecule has 0 radical (unpaired) electrons. The van der Waals surface area contributed by atoms with E-state index in [9.17, 15) is 0 Å². The van der Waals surface area contributed by atoms with Crippen LogP contribution in [-0.4, -0.2) is 4.98 Å². The highest BCUT2D eigenvalue weighted by Crippen LogP contribution is 2.30. The van der Waals surface area contributed by atoms with E-state index in [1.54, 1.807) is 11.3 Å². The molecule has 0 N–H and O–H groups in total. The first-order valence-corrected chi connectivity index (χ1v) is 6.03. The normalized spacial score (nSPS) is 11.3. The number of hydrogen-bond acceptors (Lipinski definition) is 2. The lowest BCUT2D eigenvalue weighted by Gasteiger charge is -2.03. The van der Waals surface area contributed by atoms with E-state index in [0.29, 0.717) is 0 Å². The Morgan fingerprint density at radius 1 is 1.13 bits per heavy atom. The summed E-state index contributed by atoms with van der Waals surface area (Å²) in [5.41, 5.74) is 2.33. The fourth-order valence-electron chi connectivity index (χ4n) is 1.98. The molecule has 2 heterocycles. The molecule has 0 aliphatic heterocycles. The molecule has 0 bridgehead atoms. The van der Waals surface area contributed by atoms with Crippen LogP contribution >= 0.6 is 11.3 Å². The Bertz CT molecular complexity index is 625. The van der Waals surface area contributed by atoms with Gasteiger partial charge in [0.1, 0.15) is 0 Å². The van der Waals surface area contributed by atoms with Crippen LogP contribution in [0.1, 0.15) is 12.6 Å². The second-order valence-electron chi connectivity index (χ2n) is 3.59. The maximum Gasteiger partial charge on any atom is 0.0719 e. The van der Waals surface area contributed by atoms with Crippen LogP contribution in [0.5, 0.6) is 0 Å². The Balaban J connectivity index is 2.57. The highest BCUT2D eigenvalue weighted by atomic mass is 32.1. The summed E-state index contributed by atoms with van der Waals surface area (Å²) >= 11 is 1.81. The average molecular weight is 213 g/mol. The quantitative estimate of drug-likeness (QED) is 0.595. The van der Waals surface area contributed by atoms with Crippen molar-refractivity contribution in [1.29, 1.82) is 0 Å². The van der Waals surface area contributed by atoms with Crippen molar-refractivity contribution in [2.24, 2.45) is 0 Å². The lowest BCUT2D eigenvalue weighted by molar-refractivity contribution is 1.08. The van der Waals surface area contributed by atoms with Gasteiger partial charge in [0.05, 0.1) is 5.52 Å². The molecule has 3 aromatic rings. The van der Waals surface area contributed by atoms with Gasteiger partial charge in [-0.25, -0.2) is 0 Å². The van der Waals surface area contributed by atoms with E-state index in [-0.39, 0.29) is 0 Å². The predicted molar refractivity (Wildman–Crippen MR) is 66.5 cm³/mol. The topological polar surface area (TPSA) is 12.9 Å². The molecule has 74 valence electrons. The maximum absolute atomic E-state index is 4.70. The monoisotopic (exact) mass is 213 g/mol. The summed E-state index contributed by atoms with van der Waals surface area (Å²) in [7, 11) is 0. The van der Waals surface area contributed by atoms with Gasteiger partial charge in [-0.05, 0) is 23.9 Å². The van der Waals surface area contributed by atoms with Gasteiger partial charge in [-0.3, -0.25) is 4.98 Å². The summed E-state index contributed by atoms with van der Waals surface area (Å²) < 4.78 is 1.37. The summed E-state index contributed by atoms with van der Waals surface area (Å²) in [6.07, 6.45) is 0.998. The number of aryl methyl sites for hydroxylation is 1. The van der Waals surface area contributed by atoms with Gasteiger partial charge >= 0.3 is 0 Å². The number of nitrogens with zero attached hydrogens (tertiary/aromatic N) is 1. The van der Waals surface area contributed by atoms with Crippen molar-refractivity contribution < 1.29 is 0 Å². The first-order valence-electron chi connectivity index (χ1n) is 5.15. The number of pyridine rings is 1. The number of fused-ring (bicyclic) bond motifs is 3. The molecule has 0 amide bonds. The summed E-state index contributed by atoms with van der Waals surface area (Å²) in [4.78, 5) is 4.70. The van der Waals surface area contributed by atoms with Crippen molar-refractivity contribution in [2.75, 3.05) is 0 Å². The van der Waals surface area contributed by atoms with Crippen molar-refractivity contribution in [3.8, 4) is 0 Å². The molecule has 1 aromatic carbocycles. The second-order valence-corrected chi connectivity index (χ2v) is 4.51. The van der Waals surface area contributed by atoms with Gasteiger partial charge in [0.2, 0.25) is 0 Å². The Morgan fingerprint density at radius 3 is 2.87 bits per heavy atom. The number of hydrogen-bond donors (Lipinski definition) is 0. The number of benzene rings is 1. The van der Waals surface area contributed by atoms with Crippen LogP contribution in [0.25, 0.3) is 21.0 Å². The number of para-hydroxylation sites is 1. The van der Waals surface area contributed by atoms with Crippen LogP contribution in [0.15, 0.2) is 35.7 Å². The molecule has 0 aliphatic rings. The van der Waals surface area contributed by atoms with Crippen molar-refractivity contribution in [3.05, 3.63) is 41.4 Å². The van der Waals surface area contributed by atoms with Crippen LogP contribution in [0.2, 0.25) is 0 Å². The molecule has 3 rings (SSSR count). The molecule has 0 spiro atoms. The standard InChI is InChI=1S/C13H11NS/c1-2-11-10-7-8-15-13(10)9-5-3-4-6-12(9)14-11/h3-8H,2H2,1H3. The number of aromatic nitrogens is 1. The van der Waals surface area contributed by atoms with Crippen LogP contribution in [0, 0.1) is 0 Å². The minimum atomic E-state index is 0.998. The molecule has 15 heavy (non-hydrogen) atoms. The van der Waals surface area contributed by atoms with Crippen molar-refractivity contribution in [1.82, 2.24) is 4.98 Å². The Labute approximate surface area is 92.4 Å². The van der Waals surface area contributed by atoms with Crippen LogP contribution < -0.4 is 0 Å². The Hall–Kier alpha value is -1.41. The summed E-state index contributed by atoms with van der Waals surface area (Å²) in [6.45, 7) is 2.16. The van der Waals surface area contributed by atoms with Crippen LogP contribution in [0.4, 0.5) is 0 Å². The third-order valence-electron chi connectivity index (χ3n) is 2.72. The Morgan fingerprint density at radius 2 is 2.00 bits per heavy atom. The van der Waals surface area contributed by atoms with Gasteiger partial charge < -0.3 is 0 Å². The smallest absolute Gasteiger partial charge is 0.0719 e. The lowest BCUT2D eigenvalue weighted by Crippen LogP contribution is -1.88. The van der Waals surface area contributed by atoms with Crippen molar-refractivity contribution in [2.45, 2.75) is 13.3 Å². The van der Waals surface area contributed by atoms with E-state index < -0.39 is 0 Å². The van der Waals surface area contributed by atoms with Crippen LogP contribution in [-0.2, 0) is 6.42 Å². The first-order chi connectivity index (χ1) is 7.40. The SMILES string of the molecule is CCc1nc2ccccc2c2sccc12. The second kappa shape index (κ2) is 3.31. The van der Waals surface area contributed by atoms with E-state index in [1.807, 2.05) is 6.07 Å². The summed E-state index contributed by atoms with van der Waals surface area (Å²) in [5, 5.41) is 4.75. The molecule has 0 saturated carbocycles. The summed E-state index contributed by atoms with van der Waals surface area (Å²) in [5.74, 6) is 0. The van der Waals surface area contributed by atoms with Gasteiger partial charge in [-0.15, -0.1) is 11.3 Å². The average Bonchev–Trinajstić information content (AvgIpc) is 2.77. The van der Waals surface area contributed by atoms with Crippen LogP contribution in [0.3, 0.4) is 0 Å². The molecule has 1 nitrogen and oxygen atoms in total. The molecule has 0 aliphatic carbocycles. The van der Waals surface area contributed by atoms with Gasteiger partial charge in [0.25, 0.3) is 0 Å². The molecule has 2 heteroatoms. The molecule has 0 fully saturated rings. The summed E-state index contributed by atoms with van der Waals surface area (Å²) in [6, 6.07) is 10.6. The fraction of sp³-hybridized carbons (Fsp3) is 0.154. The molecular weight excluding hydrogens is 202 g/mol. The van der Waals surface area contributed by atoms with Crippen molar-refractivity contribution >= 4 is 32.3 Å². The number of thiophene rings is 1. The predicted octanol–water partition coefficient (Wildman–Crippen LogP) is 4.01. The van der Waals surface area contributed by atoms with Gasteiger partial charge in [-0.1, -0.05) is 25.1 Å². The minimum absolute atomic E-state index is 0.998. The third-order valence-corrected chi connectivity index (χ3v) is 3.66. The Kier molecular flexibility index (Phi) is 1.96. The minimum Gasteiger partial charge on any atom is -0.252 e. The molecule has 0 unspecified atom stereocenters. The molecule has 2 aromatic heterocycles. The molecular formula is C13H11NS. The van der Waals surface area contributed by atoms with Gasteiger partial charge in [-0.2, -0.15) is 0 Å². The zero-order chi connectivity index (χ0) is 10.3. The van der Waals surface area contributed by atoms with E-state index in [4.69, 9.17) is 4.98 Å². The first kappa shape index (κ1) is 8.86. The largest absolute Gasteiger partial charge is 0.252 e. The van der Waals surface area contributed by atoms with E-state index in [0.717, 1.165) is 11.9 Å². The number of rotatable bonds is 1. The third kappa shape index (κ3) is 1.25. The lowest BCUT2D eigenvalue weighted by atomic mass is 10.1. The molecule has 0 saturated heterocycles. The zero-order valence-electron chi connectivity index (χ0n) is 8.53. The van der Waals surface area contributed by atoms with Gasteiger partial charge in [0.15, 0.2) is 0 Å². The fourth-order valence-corrected chi connectivity index (χ4v) is 2.94.